The number of piperidine rings is 1. The highest BCUT2D eigenvalue weighted by Crippen LogP contribution is 2.31. The molecule has 8 heteroatoms. The fourth-order valence-electron chi connectivity index (χ4n) is 4.50. The van der Waals surface area contributed by atoms with Gasteiger partial charge in [0, 0.05) is 30.4 Å². The lowest BCUT2D eigenvalue weighted by Gasteiger charge is -2.33. The molecule has 0 radical (unpaired) electrons. The number of rotatable bonds is 7. The standard InChI is InChI=1S/C27H27N5O3/c1-35-23-9-6-21(7-10-23)26-29-27(31-30-26)22-8-11-24(28-17-22)32-14-12-20(13-15-32)19-4-2-18(3-5-19)16-25(33)34/h2-11,17,20H,12-16H2,1H3,(H,33,34)(H,29,30,31). The molecule has 2 aromatic heterocycles. The molecule has 0 bridgehead atoms. The van der Waals surface area contributed by atoms with Crippen molar-refractivity contribution in [1.29, 1.82) is 0 Å². The molecule has 0 atom stereocenters. The Morgan fingerprint density at radius 1 is 1.03 bits per heavy atom. The van der Waals surface area contributed by atoms with E-state index in [2.05, 4.69) is 37.2 Å². The molecule has 0 spiro atoms. The SMILES string of the molecule is COc1ccc(-c2nc(-c3ccc(N4CCC(c5ccc(CC(=O)O)cc5)CC4)nc3)n[nH]2)cc1. The lowest BCUT2D eigenvalue weighted by Crippen LogP contribution is -2.33. The Morgan fingerprint density at radius 3 is 2.37 bits per heavy atom. The predicted octanol–water partition coefficient (Wildman–Crippen LogP) is 4.55. The van der Waals surface area contributed by atoms with Crippen LogP contribution in [0.2, 0.25) is 0 Å². The van der Waals surface area contributed by atoms with Gasteiger partial charge in [0.05, 0.1) is 13.5 Å². The van der Waals surface area contributed by atoms with Crippen LogP contribution in [0.3, 0.4) is 0 Å². The number of pyridine rings is 1. The van der Waals surface area contributed by atoms with Crippen LogP contribution in [0.4, 0.5) is 5.82 Å². The molecule has 5 rings (SSSR count). The van der Waals surface area contributed by atoms with Gasteiger partial charge < -0.3 is 14.7 Å². The molecule has 1 aliphatic heterocycles. The lowest BCUT2D eigenvalue weighted by atomic mass is 9.89. The monoisotopic (exact) mass is 469 g/mol. The zero-order valence-electron chi connectivity index (χ0n) is 19.5. The van der Waals surface area contributed by atoms with E-state index in [4.69, 9.17) is 9.84 Å². The smallest absolute Gasteiger partial charge is 0.307 e. The fraction of sp³-hybridized carbons (Fsp3) is 0.259. The molecule has 0 unspecified atom stereocenters. The highest BCUT2D eigenvalue weighted by Gasteiger charge is 2.22. The lowest BCUT2D eigenvalue weighted by molar-refractivity contribution is -0.136. The summed E-state index contributed by atoms with van der Waals surface area (Å²) >= 11 is 0. The van der Waals surface area contributed by atoms with E-state index in [1.807, 2.05) is 54.7 Å². The molecule has 178 valence electrons. The molecule has 0 amide bonds. The highest BCUT2D eigenvalue weighted by atomic mass is 16.5. The molecule has 1 fully saturated rings. The molecular weight excluding hydrogens is 442 g/mol. The maximum absolute atomic E-state index is 10.9. The van der Waals surface area contributed by atoms with E-state index in [1.54, 1.807) is 7.11 Å². The number of H-pyrrole nitrogens is 1. The topological polar surface area (TPSA) is 104 Å². The van der Waals surface area contributed by atoms with Gasteiger partial charge in [0.15, 0.2) is 11.6 Å². The van der Waals surface area contributed by atoms with Gasteiger partial charge in [-0.15, -0.1) is 0 Å². The summed E-state index contributed by atoms with van der Waals surface area (Å²) in [7, 11) is 1.64. The van der Waals surface area contributed by atoms with Crippen molar-refractivity contribution in [2.45, 2.75) is 25.2 Å². The van der Waals surface area contributed by atoms with Crippen LogP contribution in [0.1, 0.15) is 29.9 Å². The number of carboxylic acid groups (broad SMARTS) is 1. The largest absolute Gasteiger partial charge is 0.497 e. The van der Waals surface area contributed by atoms with Gasteiger partial charge in [0.25, 0.3) is 0 Å². The Labute approximate surface area is 203 Å². The molecule has 1 aliphatic rings. The van der Waals surface area contributed by atoms with Gasteiger partial charge in [-0.25, -0.2) is 9.97 Å². The first-order chi connectivity index (χ1) is 17.1. The molecule has 35 heavy (non-hydrogen) atoms. The maximum atomic E-state index is 10.9. The maximum Gasteiger partial charge on any atom is 0.307 e. The van der Waals surface area contributed by atoms with Gasteiger partial charge in [0.2, 0.25) is 0 Å². The minimum Gasteiger partial charge on any atom is -0.497 e. The van der Waals surface area contributed by atoms with Crippen LogP contribution in [-0.2, 0) is 11.2 Å². The average Bonchev–Trinajstić information content (AvgIpc) is 3.40. The second kappa shape index (κ2) is 9.97. The molecule has 0 aliphatic carbocycles. The third-order valence-corrected chi connectivity index (χ3v) is 6.48. The Bertz CT molecular complexity index is 1280. The number of nitrogens with zero attached hydrogens (tertiary/aromatic N) is 4. The number of aliphatic carboxylic acids is 1. The number of benzene rings is 2. The van der Waals surface area contributed by atoms with Crippen LogP contribution in [0, 0.1) is 0 Å². The van der Waals surface area contributed by atoms with E-state index in [0.717, 1.165) is 54.2 Å². The number of nitrogens with one attached hydrogen (secondary N) is 1. The zero-order valence-corrected chi connectivity index (χ0v) is 19.5. The molecular formula is C27H27N5O3. The second-order valence-electron chi connectivity index (χ2n) is 8.71. The summed E-state index contributed by atoms with van der Waals surface area (Å²) in [6.45, 7) is 1.85. The summed E-state index contributed by atoms with van der Waals surface area (Å²) in [6.07, 6.45) is 3.96. The van der Waals surface area contributed by atoms with Gasteiger partial charge in [-0.1, -0.05) is 24.3 Å². The number of hydrogen-bond acceptors (Lipinski definition) is 6. The number of ether oxygens (including phenoxy) is 1. The van der Waals surface area contributed by atoms with Gasteiger partial charge in [0.1, 0.15) is 11.6 Å². The van der Waals surface area contributed by atoms with Gasteiger partial charge in [-0.2, -0.15) is 5.10 Å². The van der Waals surface area contributed by atoms with E-state index in [0.29, 0.717) is 17.6 Å². The summed E-state index contributed by atoms with van der Waals surface area (Å²) in [5.41, 5.74) is 3.92. The Kier molecular flexibility index (Phi) is 6.43. The average molecular weight is 470 g/mol. The van der Waals surface area contributed by atoms with Crippen LogP contribution in [0.5, 0.6) is 5.75 Å². The van der Waals surface area contributed by atoms with Crippen molar-refractivity contribution in [3.05, 3.63) is 78.0 Å². The van der Waals surface area contributed by atoms with Crippen LogP contribution >= 0.6 is 0 Å². The van der Waals surface area contributed by atoms with Crippen molar-refractivity contribution in [3.8, 4) is 28.5 Å². The van der Waals surface area contributed by atoms with E-state index in [9.17, 15) is 4.79 Å². The van der Waals surface area contributed by atoms with Crippen molar-refractivity contribution in [3.63, 3.8) is 0 Å². The van der Waals surface area contributed by atoms with Gasteiger partial charge in [-0.05, 0) is 66.3 Å². The molecule has 4 aromatic rings. The first kappa shape index (κ1) is 22.6. The number of carboxylic acids is 1. The van der Waals surface area contributed by atoms with E-state index in [-0.39, 0.29) is 6.42 Å². The van der Waals surface area contributed by atoms with Crippen LogP contribution < -0.4 is 9.64 Å². The summed E-state index contributed by atoms with van der Waals surface area (Å²) in [5, 5.41) is 16.3. The van der Waals surface area contributed by atoms with Gasteiger partial charge >= 0.3 is 5.97 Å². The van der Waals surface area contributed by atoms with E-state index < -0.39 is 5.97 Å². The summed E-state index contributed by atoms with van der Waals surface area (Å²) < 4.78 is 5.21. The minimum atomic E-state index is -0.801. The number of carbonyl (C=O) groups is 1. The van der Waals surface area contributed by atoms with Crippen LogP contribution in [0.25, 0.3) is 22.8 Å². The van der Waals surface area contributed by atoms with E-state index >= 15 is 0 Å². The molecule has 2 aromatic carbocycles. The quantitative estimate of drug-likeness (QED) is 0.409. The predicted molar refractivity (Wildman–Crippen MR) is 134 cm³/mol. The first-order valence-electron chi connectivity index (χ1n) is 11.7. The van der Waals surface area contributed by atoms with Crippen molar-refractivity contribution < 1.29 is 14.6 Å². The molecule has 0 saturated carbocycles. The summed E-state index contributed by atoms with van der Waals surface area (Å²) in [5.74, 6) is 2.74. The number of anilines is 1. The number of hydrogen-bond donors (Lipinski definition) is 2. The third-order valence-electron chi connectivity index (χ3n) is 6.48. The van der Waals surface area contributed by atoms with E-state index in [1.165, 1.54) is 5.56 Å². The number of methoxy groups -OCH3 is 1. The first-order valence-corrected chi connectivity index (χ1v) is 11.7. The van der Waals surface area contributed by atoms with Gasteiger partial charge in [-0.3, -0.25) is 9.89 Å². The third kappa shape index (κ3) is 5.16. The number of aromatic amines is 1. The molecule has 2 N–H and O–H groups in total. The Hall–Kier alpha value is -4.20. The van der Waals surface area contributed by atoms with Crippen molar-refractivity contribution in [2.75, 3.05) is 25.1 Å². The Balaban J connectivity index is 1.20. The molecule has 1 saturated heterocycles. The van der Waals surface area contributed by atoms with Crippen molar-refractivity contribution in [2.24, 2.45) is 0 Å². The van der Waals surface area contributed by atoms with Crippen molar-refractivity contribution >= 4 is 11.8 Å². The Morgan fingerprint density at radius 2 is 1.74 bits per heavy atom. The highest BCUT2D eigenvalue weighted by molar-refractivity contribution is 5.70. The second-order valence-corrected chi connectivity index (χ2v) is 8.71. The number of aromatic nitrogens is 4. The van der Waals surface area contributed by atoms with Crippen LogP contribution in [-0.4, -0.2) is 51.4 Å². The van der Waals surface area contributed by atoms with Crippen molar-refractivity contribution in [1.82, 2.24) is 20.2 Å². The zero-order chi connectivity index (χ0) is 24.2. The normalized spacial score (nSPS) is 14.1. The summed E-state index contributed by atoms with van der Waals surface area (Å²) in [6, 6.07) is 19.7. The fourth-order valence-corrected chi connectivity index (χ4v) is 4.50. The summed E-state index contributed by atoms with van der Waals surface area (Å²) in [4.78, 5) is 22.5. The minimum absolute atomic E-state index is 0.0664. The molecule has 3 heterocycles. The van der Waals surface area contributed by atoms with Crippen LogP contribution in [0.15, 0.2) is 66.9 Å². The molecule has 8 nitrogen and oxygen atoms in total.